The lowest BCUT2D eigenvalue weighted by Gasteiger charge is -2.25. The number of rotatable bonds is 1. The molecular formula is C20H28O4. The van der Waals surface area contributed by atoms with E-state index in [1.54, 1.807) is 13.8 Å². The summed E-state index contributed by atoms with van der Waals surface area (Å²) in [5, 5.41) is 10.5. The highest BCUT2D eigenvalue weighted by molar-refractivity contribution is 6.00. The number of ketones is 1. The number of hydrogen-bond donors (Lipinski definition) is 1. The molecule has 0 aromatic carbocycles. The van der Waals surface area contributed by atoms with Gasteiger partial charge in [-0.25, -0.2) is 4.79 Å². The maximum absolute atomic E-state index is 12.5. The average molecular weight is 332 g/mol. The molecule has 4 heteroatoms. The first-order chi connectivity index (χ1) is 11.1. The number of hydrogen-bond acceptors (Lipinski definition) is 4. The fourth-order valence-corrected chi connectivity index (χ4v) is 3.05. The summed E-state index contributed by atoms with van der Waals surface area (Å²) in [7, 11) is 0. The Hall–Kier alpha value is -1.68. The minimum absolute atomic E-state index is 0.280. The Morgan fingerprint density at radius 3 is 2.54 bits per heavy atom. The Kier molecular flexibility index (Phi) is 5.49. The molecule has 0 saturated heterocycles. The van der Waals surface area contributed by atoms with Crippen LogP contribution in [0.4, 0.5) is 0 Å². The van der Waals surface area contributed by atoms with E-state index >= 15 is 0 Å². The largest absolute Gasteiger partial charge is 0.448 e. The van der Waals surface area contributed by atoms with Gasteiger partial charge in [0.1, 0.15) is 0 Å². The van der Waals surface area contributed by atoms with Crippen molar-refractivity contribution in [1.29, 1.82) is 0 Å². The van der Waals surface area contributed by atoms with Crippen LogP contribution in [-0.2, 0) is 14.3 Å². The van der Waals surface area contributed by atoms with Crippen LogP contribution >= 0.6 is 0 Å². The maximum atomic E-state index is 12.5. The van der Waals surface area contributed by atoms with Gasteiger partial charge in [-0.05, 0) is 64.0 Å². The third kappa shape index (κ3) is 4.44. The van der Waals surface area contributed by atoms with E-state index in [2.05, 4.69) is 13.8 Å². The number of aliphatic hydroxyl groups is 1. The number of esters is 1. The van der Waals surface area contributed by atoms with Crippen molar-refractivity contribution in [3.05, 3.63) is 35.5 Å². The Bertz CT molecular complexity index is 607. The van der Waals surface area contributed by atoms with Crippen LogP contribution in [0, 0.1) is 5.92 Å². The van der Waals surface area contributed by atoms with Crippen molar-refractivity contribution in [2.45, 2.75) is 71.0 Å². The standard InChI is InChI=1S/C20H28O4/c1-14(2)15-7-8-16-6-5-11-20(4,24-18(16)22)17(21)10-13-19(3,23)12-9-15/h6,9-10,13-14,23H,5,7-8,11-12H2,1-4H3. The van der Waals surface area contributed by atoms with Gasteiger partial charge in [0.15, 0.2) is 11.4 Å². The number of ether oxygens (including phenoxy) is 1. The van der Waals surface area contributed by atoms with E-state index in [0.717, 1.165) is 6.42 Å². The fourth-order valence-electron chi connectivity index (χ4n) is 3.05. The number of carbonyl (C=O) groups is 2. The topological polar surface area (TPSA) is 63.6 Å². The lowest BCUT2D eigenvalue weighted by atomic mass is 9.89. The van der Waals surface area contributed by atoms with Crippen LogP contribution in [0.25, 0.3) is 0 Å². The maximum Gasteiger partial charge on any atom is 0.334 e. The van der Waals surface area contributed by atoms with E-state index in [0.29, 0.717) is 37.2 Å². The zero-order chi connectivity index (χ0) is 18.0. The Morgan fingerprint density at radius 2 is 1.88 bits per heavy atom. The molecule has 132 valence electrons. The van der Waals surface area contributed by atoms with Gasteiger partial charge >= 0.3 is 5.97 Å². The second-order valence-corrected chi connectivity index (χ2v) is 7.58. The van der Waals surface area contributed by atoms with Gasteiger partial charge in [0, 0.05) is 5.57 Å². The molecule has 2 heterocycles. The second-order valence-electron chi connectivity index (χ2n) is 7.58. The lowest BCUT2D eigenvalue weighted by Crippen LogP contribution is -2.39. The van der Waals surface area contributed by atoms with Gasteiger partial charge in [0.25, 0.3) is 0 Å². The highest BCUT2D eigenvalue weighted by atomic mass is 16.6. The summed E-state index contributed by atoms with van der Waals surface area (Å²) < 4.78 is 5.54. The molecule has 2 aliphatic heterocycles. The van der Waals surface area contributed by atoms with Crippen LogP contribution in [0.5, 0.6) is 0 Å². The molecule has 0 aliphatic carbocycles. The smallest absolute Gasteiger partial charge is 0.334 e. The zero-order valence-electron chi connectivity index (χ0n) is 15.1. The van der Waals surface area contributed by atoms with Gasteiger partial charge in [0.05, 0.1) is 5.60 Å². The van der Waals surface area contributed by atoms with Crippen LogP contribution < -0.4 is 0 Å². The quantitative estimate of drug-likeness (QED) is 0.588. The van der Waals surface area contributed by atoms with Crippen LogP contribution in [0.1, 0.15) is 59.8 Å². The van der Waals surface area contributed by atoms with Crippen molar-refractivity contribution in [2.24, 2.45) is 5.92 Å². The summed E-state index contributed by atoms with van der Waals surface area (Å²) in [6, 6.07) is 0. The normalized spacial score (nSPS) is 32.2. The molecule has 2 aliphatic rings. The number of allylic oxidation sites excluding steroid dienone is 2. The summed E-state index contributed by atoms with van der Waals surface area (Å²) in [5.74, 6) is -0.340. The van der Waals surface area contributed by atoms with Gasteiger partial charge in [0.2, 0.25) is 0 Å². The molecule has 0 radical (unpaired) electrons. The molecule has 0 saturated carbocycles. The van der Waals surface area contributed by atoms with Gasteiger partial charge < -0.3 is 9.84 Å². The van der Waals surface area contributed by atoms with Crippen molar-refractivity contribution in [1.82, 2.24) is 0 Å². The molecule has 0 spiro atoms. The van der Waals surface area contributed by atoms with E-state index in [1.807, 2.05) is 12.2 Å². The predicted octanol–water partition coefficient (Wildman–Crippen LogP) is 3.65. The van der Waals surface area contributed by atoms with Crippen molar-refractivity contribution in [3.63, 3.8) is 0 Å². The van der Waals surface area contributed by atoms with E-state index < -0.39 is 17.2 Å². The fraction of sp³-hybridized carbons (Fsp3) is 0.600. The molecule has 0 amide bonds. The third-order valence-electron chi connectivity index (χ3n) is 4.91. The minimum Gasteiger partial charge on any atom is -0.448 e. The highest BCUT2D eigenvalue weighted by Crippen LogP contribution is 2.30. The molecule has 2 unspecified atom stereocenters. The Labute approximate surface area is 144 Å². The molecule has 0 fully saturated rings. The molecule has 4 nitrogen and oxygen atoms in total. The van der Waals surface area contributed by atoms with Crippen molar-refractivity contribution >= 4 is 11.8 Å². The highest BCUT2D eigenvalue weighted by Gasteiger charge is 2.38. The number of fused-ring (bicyclic) bond motifs is 3. The summed E-state index contributed by atoms with van der Waals surface area (Å²) in [5.41, 5.74) is -0.412. The van der Waals surface area contributed by atoms with Gasteiger partial charge in [-0.3, -0.25) is 4.79 Å². The molecular weight excluding hydrogens is 304 g/mol. The summed E-state index contributed by atoms with van der Waals surface area (Å²) in [6.45, 7) is 7.55. The van der Waals surface area contributed by atoms with Crippen molar-refractivity contribution in [3.8, 4) is 0 Å². The summed E-state index contributed by atoms with van der Waals surface area (Å²) in [6.07, 6.45) is 9.70. The van der Waals surface area contributed by atoms with E-state index in [-0.39, 0.29) is 5.78 Å². The number of carbonyl (C=O) groups excluding carboxylic acids is 2. The molecule has 0 aromatic heterocycles. The van der Waals surface area contributed by atoms with Crippen LogP contribution in [0.2, 0.25) is 0 Å². The van der Waals surface area contributed by atoms with Crippen LogP contribution in [0.15, 0.2) is 35.5 Å². The first-order valence-corrected chi connectivity index (χ1v) is 8.70. The van der Waals surface area contributed by atoms with Gasteiger partial charge in [-0.1, -0.05) is 31.6 Å². The van der Waals surface area contributed by atoms with Gasteiger partial charge in [-0.15, -0.1) is 0 Å². The van der Waals surface area contributed by atoms with E-state index in [4.69, 9.17) is 4.74 Å². The third-order valence-corrected chi connectivity index (χ3v) is 4.91. The molecule has 2 atom stereocenters. The Balaban J connectivity index is 2.41. The predicted molar refractivity (Wildman–Crippen MR) is 93.4 cm³/mol. The first-order valence-electron chi connectivity index (χ1n) is 8.70. The molecule has 2 rings (SSSR count). The second kappa shape index (κ2) is 7.06. The van der Waals surface area contributed by atoms with Gasteiger partial charge in [-0.2, -0.15) is 0 Å². The molecule has 24 heavy (non-hydrogen) atoms. The van der Waals surface area contributed by atoms with Crippen molar-refractivity contribution in [2.75, 3.05) is 0 Å². The molecule has 2 bridgehead atoms. The first kappa shape index (κ1) is 18.7. The van der Waals surface area contributed by atoms with Crippen molar-refractivity contribution < 1.29 is 19.4 Å². The minimum atomic E-state index is -1.16. The van der Waals surface area contributed by atoms with E-state index in [9.17, 15) is 14.7 Å². The summed E-state index contributed by atoms with van der Waals surface area (Å²) >= 11 is 0. The van der Waals surface area contributed by atoms with Crippen LogP contribution in [-0.4, -0.2) is 28.1 Å². The molecule has 1 N–H and O–H groups in total. The van der Waals surface area contributed by atoms with Crippen LogP contribution in [0.3, 0.4) is 0 Å². The van der Waals surface area contributed by atoms with E-state index in [1.165, 1.54) is 17.7 Å². The lowest BCUT2D eigenvalue weighted by molar-refractivity contribution is -0.160. The SMILES string of the molecule is CC(C)C1=CCC(C)(O)C=CC(=O)C2(C)CCC=C(CC1)C(=O)O2. The zero-order valence-corrected chi connectivity index (χ0v) is 15.1. The monoisotopic (exact) mass is 332 g/mol. The Morgan fingerprint density at radius 1 is 1.17 bits per heavy atom. The molecule has 0 aromatic rings. The summed E-state index contributed by atoms with van der Waals surface area (Å²) in [4.78, 5) is 25.0. The average Bonchev–Trinajstić information content (AvgIpc) is 2.63.